The average Bonchev–Trinajstić information content (AvgIpc) is 3.16. The minimum atomic E-state index is -1.02. The molecule has 0 radical (unpaired) electrons. The fourth-order valence-corrected chi connectivity index (χ4v) is 3.15. The number of hydrogen-bond acceptors (Lipinski definition) is 8. The van der Waals surface area contributed by atoms with Gasteiger partial charge in [0.2, 0.25) is 0 Å². The maximum absolute atomic E-state index is 6.65. The third-order valence-corrected chi connectivity index (χ3v) is 4.49. The van der Waals surface area contributed by atoms with Crippen molar-refractivity contribution in [3.05, 3.63) is 53.9 Å². The Labute approximate surface area is 156 Å². The van der Waals surface area contributed by atoms with E-state index in [4.69, 9.17) is 11.5 Å². The van der Waals surface area contributed by atoms with E-state index in [0.29, 0.717) is 6.42 Å². The van der Waals surface area contributed by atoms with E-state index in [9.17, 15) is 0 Å². The Bertz CT molecular complexity index is 977. The highest BCUT2D eigenvalue weighted by molar-refractivity contribution is 5.96. The Hall–Kier alpha value is -3.46. The molecule has 1 aromatic carbocycles. The predicted molar refractivity (Wildman–Crippen MR) is 105 cm³/mol. The number of hydrogen-bond donors (Lipinski definition) is 4. The third-order valence-electron chi connectivity index (χ3n) is 4.49. The van der Waals surface area contributed by atoms with Gasteiger partial charge in [-0.2, -0.15) is 10.2 Å². The van der Waals surface area contributed by atoms with Gasteiger partial charge in [-0.3, -0.25) is 5.10 Å². The summed E-state index contributed by atoms with van der Waals surface area (Å²) >= 11 is 0. The van der Waals surface area contributed by atoms with E-state index >= 15 is 0 Å². The van der Waals surface area contributed by atoms with Crippen molar-refractivity contribution < 1.29 is 0 Å². The number of fused-ring (bicyclic) bond motifs is 1. The molecule has 0 spiro atoms. The first-order valence-electron chi connectivity index (χ1n) is 8.50. The van der Waals surface area contributed by atoms with Crippen molar-refractivity contribution in [2.75, 3.05) is 24.3 Å². The summed E-state index contributed by atoms with van der Waals surface area (Å²) in [5.74, 6) is 1.05. The summed E-state index contributed by atoms with van der Waals surface area (Å²) in [5, 5.41) is 18.5. The molecule has 3 aromatic rings. The SMILES string of the molecule is CN(C)c1ccc(CC2(N)N=C(N)Nc3cc(-c4ccn[nH]4)ccc32)nn1. The molecule has 0 bridgehead atoms. The molecule has 3 heterocycles. The maximum atomic E-state index is 6.65. The number of aromatic amines is 1. The second kappa shape index (κ2) is 6.36. The third kappa shape index (κ3) is 3.20. The fraction of sp³-hybridized carbons (Fsp3) is 0.222. The summed E-state index contributed by atoms with van der Waals surface area (Å²) in [6.07, 6.45) is 2.09. The van der Waals surface area contributed by atoms with Crippen molar-refractivity contribution in [2.45, 2.75) is 12.1 Å². The topological polar surface area (TPSA) is 134 Å². The molecule has 0 saturated carbocycles. The summed E-state index contributed by atoms with van der Waals surface area (Å²) < 4.78 is 0. The Morgan fingerprint density at radius 2 is 1.96 bits per heavy atom. The van der Waals surface area contributed by atoms with E-state index in [0.717, 1.165) is 34.0 Å². The zero-order valence-corrected chi connectivity index (χ0v) is 15.1. The molecule has 6 N–H and O–H groups in total. The van der Waals surface area contributed by atoms with Crippen LogP contribution >= 0.6 is 0 Å². The molecule has 9 nitrogen and oxygen atoms in total. The Morgan fingerprint density at radius 1 is 1.11 bits per heavy atom. The fourth-order valence-electron chi connectivity index (χ4n) is 3.15. The molecule has 0 aliphatic carbocycles. The van der Waals surface area contributed by atoms with Crippen LogP contribution in [0.25, 0.3) is 11.3 Å². The van der Waals surface area contributed by atoms with Crippen molar-refractivity contribution >= 4 is 17.5 Å². The lowest BCUT2D eigenvalue weighted by Gasteiger charge is -2.32. The first-order valence-corrected chi connectivity index (χ1v) is 8.50. The summed E-state index contributed by atoms with van der Waals surface area (Å²) in [7, 11) is 3.83. The normalized spacial score (nSPS) is 18.4. The Kier molecular flexibility index (Phi) is 4.00. The average molecular weight is 363 g/mol. The molecule has 1 unspecified atom stereocenters. The molecule has 0 amide bonds. The lowest BCUT2D eigenvalue weighted by atomic mass is 9.91. The highest BCUT2D eigenvalue weighted by Crippen LogP contribution is 2.36. The van der Waals surface area contributed by atoms with E-state index < -0.39 is 5.66 Å². The minimum Gasteiger partial charge on any atom is -0.370 e. The monoisotopic (exact) mass is 363 g/mol. The van der Waals surface area contributed by atoms with Crippen LogP contribution in [-0.4, -0.2) is 40.4 Å². The van der Waals surface area contributed by atoms with E-state index in [1.165, 1.54) is 0 Å². The second-order valence-corrected chi connectivity index (χ2v) is 6.73. The first kappa shape index (κ1) is 17.0. The molecular weight excluding hydrogens is 342 g/mol. The van der Waals surface area contributed by atoms with Gasteiger partial charge < -0.3 is 21.7 Å². The van der Waals surface area contributed by atoms with E-state index in [-0.39, 0.29) is 5.96 Å². The molecule has 9 heteroatoms. The number of anilines is 2. The smallest absolute Gasteiger partial charge is 0.195 e. The van der Waals surface area contributed by atoms with Crippen LogP contribution < -0.4 is 21.7 Å². The minimum absolute atomic E-state index is 0.268. The molecule has 1 aliphatic rings. The number of aliphatic imine (C=N–C) groups is 1. The van der Waals surface area contributed by atoms with Gasteiger partial charge in [-0.05, 0) is 24.3 Å². The largest absolute Gasteiger partial charge is 0.370 e. The summed E-state index contributed by atoms with van der Waals surface area (Å²) in [5.41, 5.74) is 15.9. The first-order chi connectivity index (χ1) is 12.9. The number of nitrogens with one attached hydrogen (secondary N) is 2. The van der Waals surface area contributed by atoms with Crippen LogP contribution in [0.2, 0.25) is 0 Å². The van der Waals surface area contributed by atoms with Crippen LogP contribution in [0.3, 0.4) is 0 Å². The van der Waals surface area contributed by atoms with Gasteiger partial charge >= 0.3 is 0 Å². The summed E-state index contributed by atoms with van der Waals surface area (Å²) in [6, 6.07) is 11.6. The van der Waals surface area contributed by atoms with Gasteiger partial charge in [-0.1, -0.05) is 12.1 Å². The predicted octanol–water partition coefficient (Wildman–Crippen LogP) is 1.03. The maximum Gasteiger partial charge on any atom is 0.195 e. The standard InChI is InChI=1S/C18H21N9/c1-27(2)16-6-4-12(24-26-16)10-18(20)13-5-3-11(14-7-8-21-25-14)9-15(13)22-17(19)23-18/h3-9H,10,20H2,1-2H3,(H,21,25)(H3,19,22,23). The van der Waals surface area contributed by atoms with E-state index in [1.807, 2.05) is 55.4 Å². The van der Waals surface area contributed by atoms with Gasteiger partial charge in [-0.25, -0.2) is 4.99 Å². The van der Waals surface area contributed by atoms with Crippen LogP contribution in [0.4, 0.5) is 11.5 Å². The van der Waals surface area contributed by atoms with Crippen LogP contribution in [0.15, 0.2) is 47.6 Å². The highest BCUT2D eigenvalue weighted by Gasteiger charge is 2.34. The van der Waals surface area contributed by atoms with Crippen molar-refractivity contribution in [2.24, 2.45) is 16.5 Å². The van der Waals surface area contributed by atoms with Crippen LogP contribution in [-0.2, 0) is 12.1 Å². The molecule has 138 valence electrons. The molecular formula is C18H21N9. The lowest BCUT2D eigenvalue weighted by molar-refractivity contribution is 0.455. The number of benzene rings is 1. The molecule has 27 heavy (non-hydrogen) atoms. The summed E-state index contributed by atoms with van der Waals surface area (Å²) in [6.45, 7) is 0. The van der Waals surface area contributed by atoms with Crippen molar-refractivity contribution in [1.29, 1.82) is 0 Å². The quantitative estimate of drug-likeness (QED) is 0.544. The van der Waals surface area contributed by atoms with Crippen LogP contribution in [0.1, 0.15) is 11.3 Å². The van der Waals surface area contributed by atoms with Crippen molar-refractivity contribution in [3.63, 3.8) is 0 Å². The number of aromatic nitrogens is 4. The van der Waals surface area contributed by atoms with Crippen molar-refractivity contribution in [1.82, 2.24) is 20.4 Å². The summed E-state index contributed by atoms with van der Waals surface area (Å²) in [4.78, 5) is 6.35. The molecule has 1 atom stereocenters. The van der Waals surface area contributed by atoms with Gasteiger partial charge in [0.15, 0.2) is 11.8 Å². The molecule has 0 fully saturated rings. The van der Waals surface area contributed by atoms with Gasteiger partial charge in [0, 0.05) is 43.5 Å². The van der Waals surface area contributed by atoms with Gasteiger partial charge in [0.05, 0.1) is 11.4 Å². The number of nitrogens with two attached hydrogens (primary N) is 2. The number of guanidine groups is 1. The Balaban J connectivity index is 1.69. The molecule has 2 aromatic heterocycles. The number of H-pyrrole nitrogens is 1. The highest BCUT2D eigenvalue weighted by atomic mass is 15.2. The zero-order valence-electron chi connectivity index (χ0n) is 15.1. The number of rotatable bonds is 4. The molecule has 0 saturated heterocycles. The zero-order chi connectivity index (χ0) is 19.0. The molecule has 1 aliphatic heterocycles. The van der Waals surface area contributed by atoms with Crippen molar-refractivity contribution in [3.8, 4) is 11.3 Å². The molecule has 4 rings (SSSR count). The lowest BCUT2D eigenvalue weighted by Crippen LogP contribution is -2.45. The number of nitrogens with zero attached hydrogens (tertiary/aromatic N) is 5. The van der Waals surface area contributed by atoms with Gasteiger partial charge in [0.1, 0.15) is 5.66 Å². The van der Waals surface area contributed by atoms with Gasteiger partial charge in [-0.15, -0.1) is 5.10 Å². The second-order valence-electron chi connectivity index (χ2n) is 6.73. The van der Waals surface area contributed by atoms with E-state index in [1.54, 1.807) is 6.20 Å². The van der Waals surface area contributed by atoms with Crippen LogP contribution in [0, 0.1) is 0 Å². The Morgan fingerprint density at radius 3 is 2.63 bits per heavy atom. The van der Waals surface area contributed by atoms with Crippen LogP contribution in [0.5, 0.6) is 0 Å². The van der Waals surface area contributed by atoms with Gasteiger partial charge in [0.25, 0.3) is 0 Å². The van der Waals surface area contributed by atoms with E-state index in [2.05, 4.69) is 30.7 Å².